The third kappa shape index (κ3) is 8.84. The van der Waals surface area contributed by atoms with Crippen molar-refractivity contribution in [3.05, 3.63) is 118 Å². The molecule has 0 heterocycles. The first-order valence-electron chi connectivity index (χ1n) is 13.0. The molecule has 2 N–H and O–H groups in total. The fourth-order valence-corrected chi connectivity index (χ4v) is 4.02. The number of hydrogen-bond acceptors (Lipinski definition) is 6. The zero-order chi connectivity index (χ0) is 29.0. The third-order valence-corrected chi connectivity index (χ3v) is 6.03. The predicted octanol–water partition coefficient (Wildman–Crippen LogP) is 6.41. The predicted molar refractivity (Wildman–Crippen MR) is 160 cm³/mol. The lowest BCUT2D eigenvalue weighted by Crippen LogP contribution is -2.20. The maximum Gasteiger partial charge on any atom is 0.271 e. The molecule has 0 aromatic heterocycles. The van der Waals surface area contributed by atoms with E-state index in [0.717, 1.165) is 11.1 Å². The second-order valence-electron chi connectivity index (χ2n) is 8.96. The van der Waals surface area contributed by atoms with Crippen molar-refractivity contribution in [2.45, 2.75) is 20.5 Å². The van der Waals surface area contributed by atoms with Crippen molar-refractivity contribution in [1.29, 1.82) is 0 Å². The molecule has 0 radical (unpaired) electrons. The number of carbonyl (C=O) groups excluding carboxylic acids is 2. The molecule has 41 heavy (non-hydrogen) atoms. The summed E-state index contributed by atoms with van der Waals surface area (Å²) in [5.74, 6) is 0.645. The Hall–Kier alpha value is -4.82. The fraction of sp³-hybridized carbons (Fsp3) is 0.156. The number of halogens is 1. The van der Waals surface area contributed by atoms with Gasteiger partial charge in [0.15, 0.2) is 18.1 Å². The lowest BCUT2D eigenvalue weighted by Gasteiger charge is -2.13. The van der Waals surface area contributed by atoms with Gasteiger partial charge >= 0.3 is 0 Å². The summed E-state index contributed by atoms with van der Waals surface area (Å²) in [5, 5.41) is 7.11. The van der Waals surface area contributed by atoms with Crippen LogP contribution in [0.5, 0.6) is 17.2 Å². The van der Waals surface area contributed by atoms with E-state index in [9.17, 15) is 9.59 Å². The maximum atomic E-state index is 12.7. The van der Waals surface area contributed by atoms with Gasteiger partial charge in [-0.2, -0.15) is 5.10 Å². The van der Waals surface area contributed by atoms with Crippen molar-refractivity contribution >= 4 is 35.3 Å². The zero-order valence-electron chi connectivity index (χ0n) is 22.7. The van der Waals surface area contributed by atoms with E-state index >= 15 is 0 Å². The Morgan fingerprint density at radius 3 is 2.41 bits per heavy atom. The van der Waals surface area contributed by atoms with Crippen LogP contribution in [-0.4, -0.2) is 31.2 Å². The average molecular weight is 572 g/mol. The Bertz CT molecular complexity index is 1530. The summed E-state index contributed by atoms with van der Waals surface area (Å²) in [6, 6.07) is 27.2. The van der Waals surface area contributed by atoms with Crippen molar-refractivity contribution in [2.24, 2.45) is 5.10 Å². The Balaban J connectivity index is 1.30. The van der Waals surface area contributed by atoms with Gasteiger partial charge in [0.05, 0.1) is 17.8 Å². The number of anilines is 1. The first-order chi connectivity index (χ1) is 19.9. The smallest absolute Gasteiger partial charge is 0.271 e. The normalized spacial score (nSPS) is 10.7. The molecule has 0 spiro atoms. The maximum absolute atomic E-state index is 12.7. The third-order valence-electron chi connectivity index (χ3n) is 5.74. The number of ether oxygens (including phenoxy) is 3. The SMILES string of the molecule is CCOc1cc(C(=O)N/N=C/c2ccc(OCC(=O)Nc3cccc(C)c3)c(Cl)c2)ccc1OCc1ccccc1. The highest BCUT2D eigenvalue weighted by Crippen LogP contribution is 2.29. The van der Waals surface area contributed by atoms with Gasteiger partial charge in [-0.25, -0.2) is 5.43 Å². The zero-order valence-corrected chi connectivity index (χ0v) is 23.5. The number of hydrazone groups is 1. The summed E-state index contributed by atoms with van der Waals surface area (Å²) in [7, 11) is 0. The van der Waals surface area contributed by atoms with Crippen LogP contribution in [0, 0.1) is 6.92 Å². The molecule has 4 aromatic rings. The second kappa shape index (κ2) is 14.5. The molecule has 0 saturated heterocycles. The highest BCUT2D eigenvalue weighted by atomic mass is 35.5. The van der Waals surface area contributed by atoms with Crippen molar-refractivity contribution in [3.8, 4) is 17.2 Å². The summed E-state index contributed by atoms with van der Waals surface area (Å²) in [6.07, 6.45) is 1.46. The minimum absolute atomic E-state index is 0.197. The standard InChI is InChI=1S/C32H30ClN3O5/c1-3-39-30-18-25(13-15-29(30)40-20-23-9-5-4-6-10-23)32(38)36-34-19-24-12-14-28(27(33)17-24)41-21-31(37)35-26-11-7-8-22(2)16-26/h4-19H,3,20-21H2,1-2H3,(H,35,37)(H,36,38)/b34-19+. The molecule has 0 aliphatic heterocycles. The second-order valence-corrected chi connectivity index (χ2v) is 9.37. The number of amides is 2. The van der Waals surface area contributed by atoms with Gasteiger partial charge in [-0.3, -0.25) is 9.59 Å². The van der Waals surface area contributed by atoms with Crippen molar-refractivity contribution in [2.75, 3.05) is 18.5 Å². The van der Waals surface area contributed by atoms with Gasteiger partial charge in [0.2, 0.25) is 0 Å². The highest BCUT2D eigenvalue weighted by Gasteiger charge is 2.12. The Morgan fingerprint density at radius 2 is 1.66 bits per heavy atom. The number of nitrogens with zero attached hydrogens (tertiary/aromatic N) is 1. The molecule has 4 rings (SSSR count). The van der Waals surface area contributed by atoms with Gasteiger partial charge in [-0.05, 0) is 79.1 Å². The van der Waals surface area contributed by atoms with Crippen LogP contribution >= 0.6 is 11.6 Å². The molecule has 0 bridgehead atoms. The number of hydrogen-bond donors (Lipinski definition) is 2. The van der Waals surface area contributed by atoms with Crippen LogP contribution in [0.25, 0.3) is 0 Å². The summed E-state index contributed by atoms with van der Waals surface area (Å²) in [4.78, 5) is 24.9. The lowest BCUT2D eigenvalue weighted by atomic mass is 10.2. The molecule has 4 aromatic carbocycles. The van der Waals surface area contributed by atoms with Gasteiger partial charge < -0.3 is 19.5 Å². The van der Waals surface area contributed by atoms with Crippen LogP contribution in [0.4, 0.5) is 5.69 Å². The topological polar surface area (TPSA) is 98.3 Å². The van der Waals surface area contributed by atoms with E-state index in [1.807, 2.05) is 62.4 Å². The first-order valence-corrected chi connectivity index (χ1v) is 13.3. The van der Waals surface area contributed by atoms with Crippen LogP contribution in [0.3, 0.4) is 0 Å². The minimum atomic E-state index is -0.414. The molecule has 8 nitrogen and oxygen atoms in total. The largest absolute Gasteiger partial charge is 0.490 e. The van der Waals surface area contributed by atoms with E-state index in [4.69, 9.17) is 25.8 Å². The Morgan fingerprint density at radius 1 is 0.854 bits per heavy atom. The van der Waals surface area contributed by atoms with Crippen LogP contribution in [0.2, 0.25) is 5.02 Å². The van der Waals surface area contributed by atoms with Gasteiger partial charge in [0, 0.05) is 11.3 Å². The van der Waals surface area contributed by atoms with E-state index in [2.05, 4.69) is 15.8 Å². The molecule has 2 amide bonds. The lowest BCUT2D eigenvalue weighted by molar-refractivity contribution is -0.118. The molecule has 0 fully saturated rings. The van der Waals surface area contributed by atoms with Crippen molar-refractivity contribution in [1.82, 2.24) is 5.43 Å². The van der Waals surface area contributed by atoms with Gasteiger partial charge in [0.25, 0.3) is 11.8 Å². The molecule has 0 saturated carbocycles. The molecular weight excluding hydrogens is 542 g/mol. The van der Waals surface area contributed by atoms with Crippen molar-refractivity contribution < 1.29 is 23.8 Å². The number of rotatable bonds is 12. The van der Waals surface area contributed by atoms with E-state index in [1.165, 1.54) is 6.21 Å². The number of carbonyl (C=O) groups is 2. The fourth-order valence-electron chi connectivity index (χ4n) is 3.78. The summed E-state index contributed by atoms with van der Waals surface area (Å²) >= 11 is 6.33. The highest BCUT2D eigenvalue weighted by molar-refractivity contribution is 6.32. The molecule has 0 aliphatic carbocycles. The first kappa shape index (κ1) is 29.2. The van der Waals surface area contributed by atoms with Gasteiger partial charge in [-0.1, -0.05) is 54.1 Å². The average Bonchev–Trinajstić information content (AvgIpc) is 2.96. The van der Waals surface area contributed by atoms with Crippen molar-refractivity contribution in [3.63, 3.8) is 0 Å². The van der Waals surface area contributed by atoms with E-state index in [0.29, 0.717) is 52.3 Å². The quantitative estimate of drug-likeness (QED) is 0.151. The summed E-state index contributed by atoms with van der Waals surface area (Å²) < 4.78 is 17.1. The van der Waals surface area contributed by atoms with Crippen LogP contribution in [0.1, 0.15) is 34.0 Å². The number of benzene rings is 4. The summed E-state index contributed by atoms with van der Waals surface area (Å²) in [5.41, 5.74) is 6.25. The van der Waals surface area contributed by atoms with Crippen LogP contribution in [-0.2, 0) is 11.4 Å². The molecule has 0 atom stereocenters. The molecule has 9 heteroatoms. The Labute approximate surface area is 243 Å². The van der Waals surface area contributed by atoms with Crippen LogP contribution < -0.4 is 25.0 Å². The van der Waals surface area contributed by atoms with Crippen LogP contribution in [0.15, 0.2) is 96.1 Å². The number of nitrogens with one attached hydrogen (secondary N) is 2. The van der Waals surface area contributed by atoms with E-state index in [-0.39, 0.29) is 12.5 Å². The van der Waals surface area contributed by atoms with E-state index in [1.54, 1.807) is 42.5 Å². The number of aryl methyl sites for hydroxylation is 1. The minimum Gasteiger partial charge on any atom is -0.490 e. The molecule has 210 valence electrons. The van der Waals surface area contributed by atoms with Gasteiger partial charge in [0.1, 0.15) is 12.4 Å². The van der Waals surface area contributed by atoms with E-state index < -0.39 is 5.91 Å². The molecule has 0 aliphatic rings. The summed E-state index contributed by atoms with van der Waals surface area (Å²) in [6.45, 7) is 4.41. The Kier molecular flexibility index (Phi) is 10.3. The molecular formula is C32H30ClN3O5. The van der Waals surface area contributed by atoms with Gasteiger partial charge in [-0.15, -0.1) is 0 Å². The molecule has 0 unspecified atom stereocenters. The monoisotopic (exact) mass is 571 g/mol.